The van der Waals surface area contributed by atoms with Crippen LogP contribution in [0, 0.1) is 5.92 Å². The number of hydrogen-bond acceptors (Lipinski definition) is 3. The summed E-state index contributed by atoms with van der Waals surface area (Å²) in [5.74, 6) is 2.96. The van der Waals surface area contributed by atoms with E-state index in [-0.39, 0.29) is 0 Å². The third-order valence-corrected chi connectivity index (χ3v) is 6.27. The zero-order valence-corrected chi connectivity index (χ0v) is 16.1. The highest BCUT2D eigenvalue weighted by atomic mass is 79.9. The summed E-state index contributed by atoms with van der Waals surface area (Å²) < 4.78 is 3.30. The van der Waals surface area contributed by atoms with Crippen molar-refractivity contribution in [1.82, 2.24) is 14.8 Å². The van der Waals surface area contributed by atoms with E-state index in [0.717, 1.165) is 33.5 Å². The van der Waals surface area contributed by atoms with Crippen molar-refractivity contribution in [2.24, 2.45) is 13.0 Å². The molecule has 3 nitrogen and oxygen atoms in total. The summed E-state index contributed by atoms with van der Waals surface area (Å²) in [6.45, 7) is 0. The van der Waals surface area contributed by atoms with Crippen molar-refractivity contribution in [3.05, 3.63) is 40.1 Å². The van der Waals surface area contributed by atoms with Gasteiger partial charge < -0.3 is 4.57 Å². The van der Waals surface area contributed by atoms with Crippen LogP contribution in [0.1, 0.15) is 49.9 Å². The van der Waals surface area contributed by atoms with E-state index in [4.69, 9.17) is 0 Å². The van der Waals surface area contributed by atoms with Gasteiger partial charge in [0.25, 0.3) is 0 Å². The van der Waals surface area contributed by atoms with Gasteiger partial charge in [0.2, 0.25) is 0 Å². The third kappa shape index (κ3) is 4.83. The average molecular weight is 394 g/mol. The fraction of sp³-hybridized carbons (Fsp3) is 0.556. The second-order valence-corrected chi connectivity index (χ2v) is 8.28. The van der Waals surface area contributed by atoms with Crippen LogP contribution in [-0.2, 0) is 19.2 Å². The van der Waals surface area contributed by atoms with E-state index >= 15 is 0 Å². The van der Waals surface area contributed by atoms with Crippen molar-refractivity contribution >= 4 is 27.7 Å². The van der Waals surface area contributed by atoms with E-state index in [1.54, 1.807) is 11.8 Å². The summed E-state index contributed by atoms with van der Waals surface area (Å²) in [6.07, 6.45) is 9.39. The van der Waals surface area contributed by atoms with Crippen LogP contribution in [0.15, 0.2) is 33.9 Å². The lowest BCUT2D eigenvalue weighted by Gasteiger charge is -2.20. The van der Waals surface area contributed by atoms with Gasteiger partial charge in [0, 0.05) is 23.7 Å². The SMILES string of the molecule is Cn1c(CCC2CCCCC2)nnc1SCc1cccc(Br)c1. The van der Waals surface area contributed by atoms with Crippen molar-refractivity contribution in [3.63, 3.8) is 0 Å². The van der Waals surface area contributed by atoms with Crippen LogP contribution >= 0.6 is 27.7 Å². The van der Waals surface area contributed by atoms with Crippen LogP contribution in [0.2, 0.25) is 0 Å². The summed E-state index contributed by atoms with van der Waals surface area (Å²) in [6, 6.07) is 8.44. The van der Waals surface area contributed by atoms with Gasteiger partial charge in [0.05, 0.1) is 0 Å². The Morgan fingerprint density at radius 1 is 1.22 bits per heavy atom. The molecule has 0 amide bonds. The first-order valence-electron chi connectivity index (χ1n) is 8.48. The molecule has 1 aromatic carbocycles. The van der Waals surface area contributed by atoms with Gasteiger partial charge in [0.15, 0.2) is 5.16 Å². The molecular formula is C18H24BrN3S. The van der Waals surface area contributed by atoms with E-state index in [1.807, 2.05) is 0 Å². The Kier molecular flexibility index (Phi) is 6.17. The van der Waals surface area contributed by atoms with E-state index in [1.165, 1.54) is 44.1 Å². The summed E-state index contributed by atoms with van der Waals surface area (Å²) in [5, 5.41) is 9.81. The molecule has 5 heteroatoms. The first-order valence-corrected chi connectivity index (χ1v) is 10.3. The van der Waals surface area contributed by atoms with Crippen LogP contribution < -0.4 is 0 Å². The Labute approximate surface area is 151 Å². The van der Waals surface area contributed by atoms with Crippen LogP contribution in [0.25, 0.3) is 0 Å². The van der Waals surface area contributed by atoms with Crippen LogP contribution in [0.4, 0.5) is 0 Å². The van der Waals surface area contributed by atoms with Gasteiger partial charge in [-0.2, -0.15) is 0 Å². The number of aryl methyl sites for hydroxylation is 1. The Hall–Kier alpha value is -0.810. The molecule has 0 unspecified atom stereocenters. The molecule has 2 aromatic rings. The fourth-order valence-electron chi connectivity index (χ4n) is 3.27. The Morgan fingerprint density at radius 2 is 2.04 bits per heavy atom. The molecule has 1 aliphatic rings. The average Bonchev–Trinajstić information content (AvgIpc) is 2.92. The first-order chi connectivity index (χ1) is 11.2. The van der Waals surface area contributed by atoms with Crippen LogP contribution in [0.5, 0.6) is 0 Å². The summed E-state index contributed by atoms with van der Waals surface area (Å²) in [4.78, 5) is 0. The van der Waals surface area contributed by atoms with Crippen LogP contribution in [-0.4, -0.2) is 14.8 Å². The predicted octanol–water partition coefficient (Wildman–Crippen LogP) is 5.38. The van der Waals surface area contributed by atoms with E-state index in [2.05, 4.69) is 62.0 Å². The largest absolute Gasteiger partial charge is 0.309 e. The van der Waals surface area contributed by atoms with Gasteiger partial charge in [0.1, 0.15) is 5.82 Å². The molecule has 0 aliphatic heterocycles. The van der Waals surface area contributed by atoms with Gasteiger partial charge in [-0.05, 0) is 30.0 Å². The van der Waals surface area contributed by atoms with Crippen molar-refractivity contribution < 1.29 is 0 Å². The molecule has 0 spiro atoms. The number of rotatable bonds is 6. The molecule has 0 N–H and O–H groups in total. The molecule has 124 valence electrons. The normalized spacial score (nSPS) is 15.9. The molecule has 0 bridgehead atoms. The topological polar surface area (TPSA) is 30.7 Å². The molecule has 0 saturated heterocycles. The molecule has 3 rings (SSSR count). The number of halogens is 1. The lowest BCUT2D eigenvalue weighted by Crippen LogP contribution is -2.09. The quantitative estimate of drug-likeness (QED) is 0.616. The highest BCUT2D eigenvalue weighted by Crippen LogP contribution is 2.28. The molecule has 23 heavy (non-hydrogen) atoms. The molecule has 1 aromatic heterocycles. The maximum absolute atomic E-state index is 4.41. The van der Waals surface area contributed by atoms with Gasteiger partial charge >= 0.3 is 0 Å². The Bertz CT molecular complexity index is 635. The van der Waals surface area contributed by atoms with Crippen molar-refractivity contribution in [2.45, 2.75) is 55.9 Å². The lowest BCUT2D eigenvalue weighted by atomic mass is 9.86. The van der Waals surface area contributed by atoms with Crippen molar-refractivity contribution in [1.29, 1.82) is 0 Å². The second kappa shape index (κ2) is 8.34. The van der Waals surface area contributed by atoms with Crippen molar-refractivity contribution in [2.75, 3.05) is 0 Å². The monoisotopic (exact) mass is 393 g/mol. The first kappa shape index (κ1) is 17.0. The number of hydrogen-bond donors (Lipinski definition) is 0. The third-order valence-electron chi connectivity index (χ3n) is 4.68. The number of benzene rings is 1. The predicted molar refractivity (Wildman–Crippen MR) is 99.6 cm³/mol. The number of aromatic nitrogens is 3. The highest BCUT2D eigenvalue weighted by molar-refractivity contribution is 9.10. The minimum atomic E-state index is 0.901. The summed E-state index contributed by atoms with van der Waals surface area (Å²) in [7, 11) is 2.10. The maximum Gasteiger partial charge on any atom is 0.191 e. The van der Waals surface area contributed by atoms with Gasteiger partial charge in [-0.15, -0.1) is 10.2 Å². The van der Waals surface area contributed by atoms with E-state index < -0.39 is 0 Å². The standard InChI is InChI=1S/C18H24BrN3S/c1-22-17(11-10-14-6-3-2-4-7-14)20-21-18(22)23-13-15-8-5-9-16(19)12-15/h5,8-9,12,14H,2-4,6-7,10-11,13H2,1H3. The van der Waals surface area contributed by atoms with Crippen molar-refractivity contribution in [3.8, 4) is 0 Å². The zero-order valence-electron chi connectivity index (χ0n) is 13.7. The number of nitrogens with zero attached hydrogens (tertiary/aromatic N) is 3. The van der Waals surface area contributed by atoms with E-state index in [0.29, 0.717) is 0 Å². The molecule has 1 saturated carbocycles. The fourth-order valence-corrected chi connectivity index (χ4v) is 4.59. The minimum absolute atomic E-state index is 0.901. The second-order valence-electron chi connectivity index (χ2n) is 6.42. The smallest absolute Gasteiger partial charge is 0.191 e. The summed E-state index contributed by atoms with van der Waals surface area (Å²) >= 11 is 5.28. The lowest BCUT2D eigenvalue weighted by molar-refractivity contribution is 0.336. The molecule has 0 atom stereocenters. The molecule has 1 heterocycles. The zero-order chi connectivity index (χ0) is 16.1. The molecule has 1 fully saturated rings. The van der Waals surface area contributed by atoms with Crippen LogP contribution in [0.3, 0.4) is 0 Å². The Morgan fingerprint density at radius 3 is 2.83 bits per heavy atom. The van der Waals surface area contributed by atoms with Gasteiger partial charge in [-0.1, -0.05) is 71.9 Å². The Balaban J connectivity index is 1.54. The van der Waals surface area contributed by atoms with Gasteiger partial charge in [-0.3, -0.25) is 0 Å². The minimum Gasteiger partial charge on any atom is -0.309 e. The molecule has 0 radical (unpaired) electrons. The maximum atomic E-state index is 4.41. The highest BCUT2D eigenvalue weighted by Gasteiger charge is 2.16. The number of thioether (sulfide) groups is 1. The molecule has 1 aliphatic carbocycles. The van der Waals surface area contributed by atoms with E-state index in [9.17, 15) is 0 Å². The molecular weight excluding hydrogens is 370 g/mol. The van der Waals surface area contributed by atoms with Gasteiger partial charge in [-0.25, -0.2) is 0 Å². The summed E-state index contributed by atoms with van der Waals surface area (Å²) in [5.41, 5.74) is 1.30.